The zero-order valence-corrected chi connectivity index (χ0v) is 17.1. The van der Waals surface area contributed by atoms with Crippen LogP contribution >= 0.6 is 0 Å². The molecule has 0 spiro atoms. The Bertz CT molecular complexity index is 455. The summed E-state index contributed by atoms with van der Waals surface area (Å²) >= 11 is 0. The van der Waals surface area contributed by atoms with Gasteiger partial charge in [0, 0.05) is 12.8 Å². The zero-order valence-electron chi connectivity index (χ0n) is 17.1. The summed E-state index contributed by atoms with van der Waals surface area (Å²) < 4.78 is 9.53. The smallest absolute Gasteiger partial charge is 0.308 e. The van der Waals surface area contributed by atoms with Crippen molar-refractivity contribution in [2.75, 3.05) is 7.11 Å². The number of carbonyl (C=O) groups excluding carboxylic acids is 2. The molecule has 0 bridgehead atoms. The Morgan fingerprint density at radius 2 is 1.92 bits per heavy atom. The van der Waals surface area contributed by atoms with Crippen molar-refractivity contribution in [3.63, 3.8) is 0 Å². The molecule has 0 radical (unpaired) electrons. The first-order chi connectivity index (χ1) is 11.7. The molecule has 1 fully saturated rings. The van der Waals surface area contributed by atoms with Gasteiger partial charge in [-0.2, -0.15) is 0 Å². The molecule has 0 saturated carbocycles. The summed E-state index contributed by atoms with van der Waals surface area (Å²) in [6.45, 7) is 10.9. The fourth-order valence-corrected chi connectivity index (χ4v) is 2.58. The number of hydrogen-bond acceptors (Lipinski definition) is 7. The molecule has 7 nitrogen and oxygen atoms in total. The van der Waals surface area contributed by atoms with E-state index < -0.39 is 23.3 Å². The molecule has 1 rings (SSSR count). The maximum absolute atomic E-state index is 11.0. The van der Waals surface area contributed by atoms with E-state index in [9.17, 15) is 24.9 Å². The minimum Gasteiger partial charge on any atom is -0.469 e. The van der Waals surface area contributed by atoms with Crippen LogP contribution in [0.15, 0.2) is 0 Å². The molecule has 4 atom stereocenters. The van der Waals surface area contributed by atoms with E-state index in [2.05, 4.69) is 4.74 Å². The Balaban J connectivity index is 0.000000485. The van der Waals surface area contributed by atoms with Gasteiger partial charge in [-0.15, -0.1) is 0 Å². The number of carbonyl (C=O) groups is 2. The molecule has 26 heavy (non-hydrogen) atoms. The molecule has 154 valence electrons. The summed E-state index contributed by atoms with van der Waals surface area (Å²) in [5.41, 5.74) is -2.07. The molecule has 0 aliphatic carbocycles. The van der Waals surface area contributed by atoms with Gasteiger partial charge >= 0.3 is 11.9 Å². The van der Waals surface area contributed by atoms with Gasteiger partial charge in [-0.05, 0) is 25.7 Å². The number of aliphatic hydroxyl groups excluding tert-OH is 1. The number of cyclic esters (lactones) is 1. The van der Waals surface area contributed by atoms with Crippen LogP contribution in [-0.2, 0) is 19.1 Å². The number of rotatable bonds is 6. The summed E-state index contributed by atoms with van der Waals surface area (Å²) in [5.74, 6) is -0.407. The molecule has 0 aromatic rings. The lowest BCUT2D eigenvalue weighted by atomic mass is 9.88. The standard InChI is InChI=1S/C10H20O4.C9H16O3/c1-7(2)8(11)5-10(3,13)6-9(12)14-4;1-6(2)7-4-9(3,11)5-8(10)12-7/h7-8,11,13H,5-6H2,1-4H3;6-7,11H,4-5H2,1-3H3. The Morgan fingerprint density at radius 1 is 1.38 bits per heavy atom. The highest BCUT2D eigenvalue weighted by atomic mass is 16.5. The lowest BCUT2D eigenvalue weighted by molar-refractivity contribution is -0.171. The second-order valence-corrected chi connectivity index (χ2v) is 8.42. The van der Waals surface area contributed by atoms with Crippen LogP contribution in [0.3, 0.4) is 0 Å². The third-order valence-electron chi connectivity index (χ3n) is 4.36. The molecular formula is C19H36O7. The summed E-state index contributed by atoms with van der Waals surface area (Å²) in [6.07, 6.45) is 0.0376. The molecule has 0 aromatic heterocycles. The highest BCUT2D eigenvalue weighted by molar-refractivity contribution is 5.71. The average molecular weight is 376 g/mol. The van der Waals surface area contributed by atoms with E-state index in [1.807, 2.05) is 27.7 Å². The van der Waals surface area contributed by atoms with E-state index >= 15 is 0 Å². The van der Waals surface area contributed by atoms with Crippen LogP contribution in [0.1, 0.15) is 67.2 Å². The average Bonchev–Trinajstić information content (AvgIpc) is 2.44. The van der Waals surface area contributed by atoms with Crippen molar-refractivity contribution >= 4 is 11.9 Å². The lowest BCUT2D eigenvalue weighted by Gasteiger charge is -2.34. The molecule has 7 heteroatoms. The van der Waals surface area contributed by atoms with Gasteiger partial charge in [-0.3, -0.25) is 9.59 Å². The van der Waals surface area contributed by atoms with Crippen LogP contribution in [0.2, 0.25) is 0 Å². The van der Waals surface area contributed by atoms with Crippen molar-refractivity contribution in [3.05, 3.63) is 0 Å². The molecule has 0 aromatic carbocycles. The van der Waals surface area contributed by atoms with Gasteiger partial charge in [0.05, 0.1) is 37.3 Å². The normalized spacial score (nSPS) is 26.5. The van der Waals surface area contributed by atoms with E-state index in [0.717, 1.165) is 0 Å². The molecule has 1 heterocycles. The van der Waals surface area contributed by atoms with Crippen LogP contribution in [0.25, 0.3) is 0 Å². The summed E-state index contributed by atoms with van der Waals surface area (Å²) in [7, 11) is 1.28. The van der Waals surface area contributed by atoms with Gasteiger partial charge < -0.3 is 24.8 Å². The SMILES string of the molecule is CC(C)C1CC(C)(O)CC(=O)O1.COC(=O)CC(C)(O)CC(O)C(C)C. The highest BCUT2D eigenvalue weighted by Gasteiger charge is 2.37. The third-order valence-corrected chi connectivity index (χ3v) is 4.36. The van der Waals surface area contributed by atoms with Gasteiger partial charge in [0.1, 0.15) is 6.10 Å². The van der Waals surface area contributed by atoms with Gasteiger partial charge in [0.25, 0.3) is 0 Å². The van der Waals surface area contributed by atoms with Crippen LogP contribution in [0.5, 0.6) is 0 Å². The van der Waals surface area contributed by atoms with Crippen LogP contribution in [0, 0.1) is 11.8 Å². The Kier molecular flexibility index (Phi) is 9.77. The second-order valence-electron chi connectivity index (χ2n) is 8.42. The molecule has 4 unspecified atom stereocenters. The first kappa shape index (κ1) is 24.8. The van der Waals surface area contributed by atoms with E-state index in [0.29, 0.717) is 6.42 Å². The molecule has 3 N–H and O–H groups in total. The summed E-state index contributed by atoms with van der Waals surface area (Å²) in [6, 6.07) is 0. The van der Waals surface area contributed by atoms with Crippen LogP contribution in [-0.4, -0.2) is 57.8 Å². The first-order valence-corrected chi connectivity index (χ1v) is 9.08. The minimum absolute atomic E-state index is 0.0686. The van der Waals surface area contributed by atoms with Crippen molar-refractivity contribution in [2.45, 2.75) is 90.6 Å². The minimum atomic E-state index is -1.20. The van der Waals surface area contributed by atoms with E-state index in [1.54, 1.807) is 6.92 Å². The Morgan fingerprint density at radius 3 is 2.31 bits per heavy atom. The number of methoxy groups -OCH3 is 1. The largest absolute Gasteiger partial charge is 0.469 e. The maximum atomic E-state index is 11.0. The quantitative estimate of drug-likeness (QED) is 0.606. The van der Waals surface area contributed by atoms with E-state index in [-0.39, 0.29) is 43.2 Å². The zero-order chi connectivity index (χ0) is 20.7. The molecular weight excluding hydrogens is 340 g/mol. The lowest BCUT2D eigenvalue weighted by Crippen LogP contribution is -2.42. The molecule has 1 aliphatic heterocycles. The Hall–Kier alpha value is -1.18. The summed E-state index contributed by atoms with van der Waals surface area (Å²) in [5, 5.41) is 29.0. The maximum Gasteiger partial charge on any atom is 0.308 e. The monoisotopic (exact) mass is 376 g/mol. The van der Waals surface area contributed by atoms with E-state index in [1.165, 1.54) is 14.0 Å². The highest BCUT2D eigenvalue weighted by Crippen LogP contribution is 2.28. The first-order valence-electron chi connectivity index (χ1n) is 9.08. The topological polar surface area (TPSA) is 113 Å². The van der Waals surface area contributed by atoms with Crippen molar-refractivity contribution in [3.8, 4) is 0 Å². The number of hydrogen-bond donors (Lipinski definition) is 3. The van der Waals surface area contributed by atoms with Gasteiger partial charge in [0.2, 0.25) is 0 Å². The van der Waals surface area contributed by atoms with Crippen LogP contribution in [0.4, 0.5) is 0 Å². The van der Waals surface area contributed by atoms with Crippen molar-refractivity contribution in [1.29, 1.82) is 0 Å². The Labute approximate surface area is 156 Å². The third kappa shape index (κ3) is 10.1. The second kappa shape index (κ2) is 10.2. The van der Waals surface area contributed by atoms with Gasteiger partial charge in [-0.25, -0.2) is 0 Å². The number of esters is 2. The van der Waals surface area contributed by atoms with Crippen molar-refractivity contribution in [1.82, 2.24) is 0 Å². The molecule has 0 amide bonds. The van der Waals surface area contributed by atoms with Gasteiger partial charge in [-0.1, -0.05) is 27.7 Å². The summed E-state index contributed by atoms with van der Waals surface area (Å²) in [4.78, 5) is 21.9. The van der Waals surface area contributed by atoms with Crippen molar-refractivity contribution in [2.24, 2.45) is 11.8 Å². The molecule has 1 saturated heterocycles. The fraction of sp³-hybridized carbons (Fsp3) is 0.895. The van der Waals surface area contributed by atoms with E-state index in [4.69, 9.17) is 4.74 Å². The number of aliphatic hydroxyl groups is 3. The predicted octanol–water partition coefficient (Wildman–Crippen LogP) is 1.81. The van der Waals surface area contributed by atoms with Crippen LogP contribution < -0.4 is 0 Å². The molecule has 1 aliphatic rings. The predicted molar refractivity (Wildman–Crippen MR) is 97.3 cm³/mol. The van der Waals surface area contributed by atoms with Crippen molar-refractivity contribution < 1.29 is 34.4 Å². The van der Waals surface area contributed by atoms with Gasteiger partial charge in [0.15, 0.2) is 0 Å². The number of ether oxygens (including phenoxy) is 2. The fourth-order valence-electron chi connectivity index (χ4n) is 2.58.